The number of fused-ring (bicyclic) bond motifs is 1. The van der Waals surface area contributed by atoms with E-state index in [-0.39, 0.29) is 11.3 Å². The number of aryl methyl sites for hydroxylation is 1. The van der Waals surface area contributed by atoms with E-state index in [1.165, 1.54) is 5.01 Å². The Hall–Kier alpha value is -2.97. The Bertz CT molecular complexity index is 1440. The van der Waals surface area contributed by atoms with Crippen LogP contribution in [0, 0.1) is 6.92 Å². The van der Waals surface area contributed by atoms with Gasteiger partial charge in [0.25, 0.3) is 5.56 Å². The monoisotopic (exact) mass is 553 g/mol. The second-order valence-electron chi connectivity index (χ2n) is 7.67. The van der Waals surface area contributed by atoms with Gasteiger partial charge in [-0.25, -0.2) is 5.01 Å². The Morgan fingerprint density at radius 2 is 1.88 bits per heavy atom. The number of aromatic amines is 1. The molecule has 8 heteroatoms. The molecule has 1 aliphatic heterocycles. The van der Waals surface area contributed by atoms with Gasteiger partial charge in [0.15, 0.2) is 10.4 Å². The minimum Gasteiger partial charge on any atom is -0.444 e. The van der Waals surface area contributed by atoms with Crippen molar-refractivity contribution < 1.29 is 9.21 Å². The zero-order valence-electron chi connectivity index (χ0n) is 16.9. The number of halogens is 2. The second kappa shape index (κ2) is 8.18. The van der Waals surface area contributed by atoms with Crippen LogP contribution < -0.4 is 5.56 Å². The van der Waals surface area contributed by atoms with Gasteiger partial charge in [-0.15, -0.1) is 0 Å². The number of aromatic nitrogens is 1. The van der Waals surface area contributed by atoms with Crippen molar-refractivity contribution in [3.05, 3.63) is 103 Å². The summed E-state index contributed by atoms with van der Waals surface area (Å²) in [5, 5.41) is 6.88. The molecule has 1 aliphatic rings. The maximum atomic E-state index is 13.3. The summed E-state index contributed by atoms with van der Waals surface area (Å²) in [6, 6.07) is 18.1. The number of hydrazone groups is 1. The fraction of sp³-hybridized carbons (Fsp3) is 0.125. The molecule has 1 N–H and O–H groups in total. The maximum absolute atomic E-state index is 13.3. The highest BCUT2D eigenvalue weighted by molar-refractivity contribution is 9.10. The highest BCUT2D eigenvalue weighted by Crippen LogP contribution is 2.34. The van der Waals surface area contributed by atoms with Gasteiger partial charge in [0.05, 0.1) is 11.8 Å². The van der Waals surface area contributed by atoms with Gasteiger partial charge in [-0.2, -0.15) is 5.10 Å². The molecule has 2 aromatic heterocycles. The van der Waals surface area contributed by atoms with Crippen LogP contribution in [0.25, 0.3) is 10.9 Å². The number of hydrogen-bond acceptors (Lipinski definition) is 4. The van der Waals surface area contributed by atoms with Crippen molar-refractivity contribution >= 4 is 54.4 Å². The number of furan rings is 1. The minimum absolute atomic E-state index is 0.149. The van der Waals surface area contributed by atoms with Crippen LogP contribution in [0.4, 0.5) is 0 Å². The van der Waals surface area contributed by atoms with Gasteiger partial charge in [0.1, 0.15) is 0 Å². The SMILES string of the molecule is Cc1ccc2cc([C@H]3CC(c4ccc(Br)cc4)=NN3C(=O)c3ccc(Br)o3)c(=O)[nH]c2c1. The van der Waals surface area contributed by atoms with Crippen LogP contribution in [0.2, 0.25) is 0 Å². The molecule has 5 rings (SSSR count). The predicted octanol–water partition coefficient (Wildman–Crippen LogP) is 5.95. The van der Waals surface area contributed by atoms with Gasteiger partial charge in [0, 0.05) is 22.0 Å². The summed E-state index contributed by atoms with van der Waals surface area (Å²) < 4.78 is 6.88. The number of hydrogen-bond donors (Lipinski definition) is 1. The second-order valence-corrected chi connectivity index (χ2v) is 9.37. The van der Waals surface area contributed by atoms with Crippen molar-refractivity contribution in [1.82, 2.24) is 9.99 Å². The van der Waals surface area contributed by atoms with E-state index in [2.05, 4.69) is 41.9 Å². The summed E-state index contributed by atoms with van der Waals surface area (Å²) in [6.07, 6.45) is 0.412. The molecule has 0 unspecified atom stereocenters. The Morgan fingerprint density at radius 1 is 1.09 bits per heavy atom. The van der Waals surface area contributed by atoms with Crippen molar-refractivity contribution in [3.63, 3.8) is 0 Å². The smallest absolute Gasteiger partial charge is 0.310 e. The Morgan fingerprint density at radius 3 is 2.59 bits per heavy atom. The van der Waals surface area contributed by atoms with Gasteiger partial charge in [0.2, 0.25) is 0 Å². The molecule has 4 aromatic rings. The predicted molar refractivity (Wildman–Crippen MR) is 130 cm³/mol. The molecule has 3 heterocycles. The number of amides is 1. The van der Waals surface area contributed by atoms with Gasteiger partial charge in [-0.05, 0) is 75.8 Å². The minimum atomic E-state index is -0.556. The molecule has 2 aromatic carbocycles. The normalized spacial score (nSPS) is 15.9. The number of benzene rings is 2. The zero-order chi connectivity index (χ0) is 22.4. The van der Waals surface area contributed by atoms with Crippen LogP contribution in [-0.2, 0) is 0 Å². The number of nitrogens with zero attached hydrogens (tertiary/aromatic N) is 2. The topological polar surface area (TPSA) is 78.7 Å². The quantitative estimate of drug-likeness (QED) is 0.340. The molecular weight excluding hydrogens is 538 g/mol. The first-order chi connectivity index (χ1) is 15.4. The Labute approximate surface area is 200 Å². The third-order valence-electron chi connectivity index (χ3n) is 5.47. The Kier molecular flexibility index (Phi) is 5.35. The number of pyridine rings is 1. The average Bonchev–Trinajstić information content (AvgIpc) is 3.40. The molecule has 32 heavy (non-hydrogen) atoms. The van der Waals surface area contributed by atoms with Crippen molar-refractivity contribution in [3.8, 4) is 0 Å². The lowest BCUT2D eigenvalue weighted by Crippen LogP contribution is -2.30. The maximum Gasteiger partial charge on any atom is 0.310 e. The molecule has 0 saturated heterocycles. The number of carbonyl (C=O) groups excluding carboxylic acids is 1. The first-order valence-corrected chi connectivity index (χ1v) is 11.5. The summed E-state index contributed by atoms with van der Waals surface area (Å²) in [7, 11) is 0. The molecule has 0 radical (unpaired) electrons. The first-order valence-electron chi connectivity index (χ1n) is 9.95. The highest BCUT2D eigenvalue weighted by atomic mass is 79.9. The summed E-state index contributed by atoms with van der Waals surface area (Å²) in [5.41, 5.74) is 3.68. The van der Waals surface area contributed by atoms with E-state index in [1.54, 1.807) is 12.1 Å². The molecule has 1 amide bonds. The van der Waals surface area contributed by atoms with Gasteiger partial charge >= 0.3 is 5.91 Å². The molecule has 6 nitrogen and oxygen atoms in total. The van der Waals surface area contributed by atoms with Crippen LogP contribution >= 0.6 is 31.9 Å². The van der Waals surface area contributed by atoms with Crippen LogP contribution in [0.5, 0.6) is 0 Å². The van der Waals surface area contributed by atoms with E-state index < -0.39 is 11.9 Å². The molecule has 0 fully saturated rings. The van der Waals surface area contributed by atoms with Crippen molar-refractivity contribution in [2.75, 3.05) is 0 Å². The van der Waals surface area contributed by atoms with Crippen molar-refractivity contribution in [2.24, 2.45) is 5.10 Å². The van der Waals surface area contributed by atoms with E-state index >= 15 is 0 Å². The first kappa shape index (κ1) is 20.9. The number of carbonyl (C=O) groups is 1. The summed E-state index contributed by atoms with van der Waals surface area (Å²) in [5.74, 6) is -0.258. The standard InChI is InChI=1S/C24H17Br2N3O3/c1-13-2-3-15-11-17(23(30)27-18(15)10-13)20-12-19(14-4-6-16(25)7-5-14)28-29(20)24(31)21-8-9-22(26)32-21/h2-11,20H,12H2,1H3,(H,27,30)/t20-/m1/s1. The van der Waals surface area contributed by atoms with Gasteiger partial charge in [-0.1, -0.05) is 40.2 Å². The summed E-state index contributed by atoms with van der Waals surface area (Å²) in [6.45, 7) is 1.98. The molecule has 0 spiro atoms. The van der Waals surface area contributed by atoms with E-state index in [4.69, 9.17) is 4.42 Å². The summed E-state index contributed by atoms with van der Waals surface area (Å²) >= 11 is 6.68. The van der Waals surface area contributed by atoms with Crippen molar-refractivity contribution in [1.29, 1.82) is 0 Å². The summed E-state index contributed by atoms with van der Waals surface area (Å²) in [4.78, 5) is 29.3. The van der Waals surface area contributed by atoms with Gasteiger partial charge in [-0.3, -0.25) is 9.59 Å². The number of H-pyrrole nitrogens is 1. The van der Waals surface area contributed by atoms with Crippen LogP contribution in [-0.4, -0.2) is 21.6 Å². The van der Waals surface area contributed by atoms with Crippen LogP contribution in [0.3, 0.4) is 0 Å². The average molecular weight is 555 g/mol. The third-order valence-corrected chi connectivity index (χ3v) is 6.42. The third kappa shape index (κ3) is 3.84. The molecule has 0 aliphatic carbocycles. The van der Waals surface area contributed by atoms with E-state index in [0.29, 0.717) is 16.7 Å². The van der Waals surface area contributed by atoms with E-state index in [9.17, 15) is 9.59 Å². The Balaban J connectivity index is 1.61. The fourth-order valence-corrected chi connectivity index (χ4v) is 4.45. The molecule has 0 saturated carbocycles. The molecule has 0 bridgehead atoms. The molecule has 160 valence electrons. The zero-order valence-corrected chi connectivity index (χ0v) is 20.1. The van der Waals surface area contributed by atoms with E-state index in [0.717, 1.165) is 32.2 Å². The lowest BCUT2D eigenvalue weighted by Gasteiger charge is -2.20. The fourth-order valence-electron chi connectivity index (χ4n) is 3.88. The number of rotatable bonds is 3. The van der Waals surface area contributed by atoms with Crippen molar-refractivity contribution in [2.45, 2.75) is 19.4 Å². The van der Waals surface area contributed by atoms with Crippen LogP contribution in [0.15, 0.2) is 84.1 Å². The molecular formula is C24H17Br2N3O3. The number of nitrogens with one attached hydrogen (secondary N) is 1. The van der Waals surface area contributed by atoms with Gasteiger partial charge < -0.3 is 9.40 Å². The highest BCUT2D eigenvalue weighted by Gasteiger charge is 2.36. The van der Waals surface area contributed by atoms with Crippen LogP contribution in [0.1, 0.15) is 39.7 Å². The molecule has 1 atom stereocenters. The van der Waals surface area contributed by atoms with E-state index in [1.807, 2.05) is 55.5 Å². The lowest BCUT2D eigenvalue weighted by atomic mass is 9.98. The largest absolute Gasteiger partial charge is 0.444 e. The lowest BCUT2D eigenvalue weighted by molar-refractivity contribution is 0.0676.